The molecule has 0 aliphatic rings. The topological polar surface area (TPSA) is 12.0 Å². The van der Waals surface area contributed by atoms with Gasteiger partial charge in [-0.3, -0.25) is 0 Å². The second kappa shape index (κ2) is 6.86. The summed E-state index contributed by atoms with van der Waals surface area (Å²) in [6.07, 6.45) is 2.93. The second-order valence-electron chi connectivity index (χ2n) is 3.63. The van der Waals surface area contributed by atoms with Gasteiger partial charge in [0.1, 0.15) is 11.6 Å². The van der Waals surface area contributed by atoms with Gasteiger partial charge in [0.2, 0.25) is 0 Å². The van der Waals surface area contributed by atoms with Crippen LogP contribution >= 0.6 is 11.8 Å². The Balaban J connectivity index is 2.85. The minimum atomic E-state index is -0.388. The lowest BCUT2D eigenvalue weighted by Gasteiger charge is -2.18. The molecule has 0 saturated heterocycles. The van der Waals surface area contributed by atoms with Crippen molar-refractivity contribution >= 4 is 11.8 Å². The van der Waals surface area contributed by atoms with Crippen molar-refractivity contribution in [2.75, 3.05) is 18.6 Å². The highest BCUT2D eigenvalue weighted by molar-refractivity contribution is 7.98. The van der Waals surface area contributed by atoms with E-state index in [9.17, 15) is 8.78 Å². The van der Waals surface area contributed by atoms with E-state index < -0.39 is 0 Å². The van der Waals surface area contributed by atoms with Crippen molar-refractivity contribution in [3.8, 4) is 0 Å². The van der Waals surface area contributed by atoms with Crippen LogP contribution in [0.4, 0.5) is 8.78 Å². The summed E-state index contributed by atoms with van der Waals surface area (Å²) < 4.78 is 26.6. The van der Waals surface area contributed by atoms with Gasteiger partial charge < -0.3 is 5.32 Å². The van der Waals surface area contributed by atoms with Crippen LogP contribution in [0.5, 0.6) is 0 Å². The average Bonchev–Trinajstić information content (AvgIpc) is 2.28. The van der Waals surface area contributed by atoms with Gasteiger partial charge in [-0.1, -0.05) is 6.92 Å². The third-order valence-corrected chi connectivity index (χ3v) is 2.97. The maximum atomic E-state index is 13.6. The molecule has 0 bridgehead atoms. The Labute approximate surface area is 99.6 Å². The number of hydrogen-bond donors (Lipinski definition) is 1. The Morgan fingerprint density at radius 3 is 2.75 bits per heavy atom. The monoisotopic (exact) mass is 245 g/mol. The Morgan fingerprint density at radius 2 is 2.12 bits per heavy atom. The lowest BCUT2D eigenvalue weighted by atomic mass is 10.1. The van der Waals surface area contributed by atoms with E-state index in [0.717, 1.165) is 24.8 Å². The third-order valence-electron chi connectivity index (χ3n) is 2.31. The molecule has 90 valence electrons. The molecule has 4 heteroatoms. The molecule has 1 atom stereocenters. The molecule has 0 aromatic heterocycles. The molecule has 0 saturated carbocycles. The summed E-state index contributed by atoms with van der Waals surface area (Å²) in [5.74, 6) is 0.00487. The summed E-state index contributed by atoms with van der Waals surface area (Å²) in [5.41, 5.74) is 0.419. The summed E-state index contributed by atoms with van der Waals surface area (Å²) in [6, 6.07) is 3.49. The van der Waals surface area contributed by atoms with E-state index in [1.165, 1.54) is 12.1 Å². The predicted octanol–water partition coefficient (Wildman–Crippen LogP) is 3.37. The fourth-order valence-electron chi connectivity index (χ4n) is 1.53. The SMILES string of the molecule is CCCNC(CSC)c1cc(F)ccc1F. The molecule has 0 amide bonds. The standard InChI is InChI=1S/C12H17F2NS/c1-3-6-15-12(8-16-2)10-7-9(13)4-5-11(10)14/h4-5,7,12,15H,3,6,8H2,1-2H3. The molecule has 0 spiro atoms. The summed E-state index contributed by atoms with van der Waals surface area (Å²) in [7, 11) is 0. The van der Waals surface area contributed by atoms with Crippen molar-refractivity contribution in [2.24, 2.45) is 0 Å². The molecule has 0 aliphatic carbocycles. The Hall–Kier alpha value is -0.610. The zero-order valence-electron chi connectivity index (χ0n) is 9.59. The normalized spacial score (nSPS) is 12.8. The minimum absolute atomic E-state index is 0.120. The summed E-state index contributed by atoms with van der Waals surface area (Å²) in [6.45, 7) is 2.85. The molecule has 1 rings (SSSR count). The number of halogens is 2. The van der Waals surface area contributed by atoms with Crippen molar-refractivity contribution in [3.63, 3.8) is 0 Å². The predicted molar refractivity (Wildman–Crippen MR) is 65.8 cm³/mol. The highest BCUT2D eigenvalue weighted by Gasteiger charge is 2.15. The summed E-state index contributed by atoms with van der Waals surface area (Å²) in [5, 5.41) is 3.23. The van der Waals surface area contributed by atoms with Crippen LogP contribution in [0.1, 0.15) is 24.9 Å². The average molecular weight is 245 g/mol. The van der Waals surface area contributed by atoms with Crippen molar-refractivity contribution < 1.29 is 8.78 Å². The van der Waals surface area contributed by atoms with Crippen molar-refractivity contribution in [3.05, 3.63) is 35.4 Å². The molecule has 1 unspecified atom stereocenters. The van der Waals surface area contributed by atoms with Crippen LogP contribution in [0, 0.1) is 11.6 Å². The maximum absolute atomic E-state index is 13.6. The van der Waals surface area contributed by atoms with Crippen LogP contribution in [-0.2, 0) is 0 Å². The first-order chi connectivity index (χ1) is 7.69. The molecule has 16 heavy (non-hydrogen) atoms. The summed E-state index contributed by atoms with van der Waals surface area (Å²) >= 11 is 1.62. The number of nitrogens with one attached hydrogen (secondary N) is 1. The van der Waals surface area contributed by atoms with Crippen LogP contribution < -0.4 is 5.32 Å². The Kier molecular flexibility index (Phi) is 5.77. The van der Waals surface area contributed by atoms with Gasteiger partial charge in [0.05, 0.1) is 0 Å². The van der Waals surface area contributed by atoms with Crippen LogP contribution in [0.2, 0.25) is 0 Å². The molecule has 0 radical (unpaired) electrons. The molecule has 0 aliphatic heterocycles. The van der Waals surface area contributed by atoms with E-state index >= 15 is 0 Å². The van der Waals surface area contributed by atoms with E-state index in [2.05, 4.69) is 5.32 Å². The zero-order valence-corrected chi connectivity index (χ0v) is 10.4. The fraction of sp³-hybridized carbons (Fsp3) is 0.500. The van der Waals surface area contributed by atoms with Crippen molar-refractivity contribution in [2.45, 2.75) is 19.4 Å². The highest BCUT2D eigenvalue weighted by Crippen LogP contribution is 2.21. The largest absolute Gasteiger partial charge is 0.309 e. The second-order valence-corrected chi connectivity index (χ2v) is 4.54. The number of hydrogen-bond acceptors (Lipinski definition) is 2. The molecule has 0 fully saturated rings. The van der Waals surface area contributed by atoms with Gasteiger partial charge in [0, 0.05) is 17.4 Å². The van der Waals surface area contributed by atoms with Crippen LogP contribution in [0.15, 0.2) is 18.2 Å². The number of benzene rings is 1. The maximum Gasteiger partial charge on any atom is 0.128 e. The van der Waals surface area contributed by atoms with Crippen LogP contribution in [0.25, 0.3) is 0 Å². The number of rotatable bonds is 6. The smallest absolute Gasteiger partial charge is 0.128 e. The molecule has 1 aromatic carbocycles. The van der Waals surface area contributed by atoms with Crippen LogP contribution in [0.3, 0.4) is 0 Å². The van der Waals surface area contributed by atoms with Crippen LogP contribution in [-0.4, -0.2) is 18.6 Å². The van der Waals surface area contributed by atoms with Gasteiger partial charge >= 0.3 is 0 Å². The van der Waals surface area contributed by atoms with Crippen molar-refractivity contribution in [1.29, 1.82) is 0 Å². The lowest BCUT2D eigenvalue weighted by molar-refractivity contribution is 0.523. The highest BCUT2D eigenvalue weighted by atomic mass is 32.2. The van der Waals surface area contributed by atoms with E-state index in [1.54, 1.807) is 11.8 Å². The molecule has 1 aromatic rings. The quantitative estimate of drug-likeness (QED) is 0.824. The first kappa shape index (κ1) is 13.5. The van der Waals surface area contributed by atoms with E-state index in [4.69, 9.17) is 0 Å². The number of thioether (sulfide) groups is 1. The molecule has 1 N–H and O–H groups in total. The van der Waals surface area contributed by atoms with Gasteiger partial charge in [0.25, 0.3) is 0 Å². The van der Waals surface area contributed by atoms with Gasteiger partial charge in [0.15, 0.2) is 0 Å². The Morgan fingerprint density at radius 1 is 1.38 bits per heavy atom. The summed E-state index contributed by atoms with van der Waals surface area (Å²) in [4.78, 5) is 0. The van der Waals surface area contributed by atoms with Gasteiger partial charge in [-0.05, 0) is 37.4 Å². The van der Waals surface area contributed by atoms with Gasteiger partial charge in [-0.25, -0.2) is 8.78 Å². The van der Waals surface area contributed by atoms with E-state index in [0.29, 0.717) is 5.56 Å². The molecular formula is C12H17F2NS. The fourth-order valence-corrected chi connectivity index (χ4v) is 2.16. The zero-order chi connectivity index (χ0) is 12.0. The third kappa shape index (κ3) is 3.76. The Bertz CT molecular complexity index is 331. The minimum Gasteiger partial charge on any atom is -0.309 e. The van der Waals surface area contributed by atoms with Crippen molar-refractivity contribution in [1.82, 2.24) is 5.32 Å². The lowest BCUT2D eigenvalue weighted by Crippen LogP contribution is -2.25. The van der Waals surface area contributed by atoms with Gasteiger partial charge in [-0.2, -0.15) is 11.8 Å². The molecule has 1 nitrogen and oxygen atoms in total. The first-order valence-corrected chi connectivity index (χ1v) is 6.75. The van der Waals surface area contributed by atoms with E-state index in [-0.39, 0.29) is 17.7 Å². The van der Waals surface area contributed by atoms with Gasteiger partial charge in [-0.15, -0.1) is 0 Å². The molecule has 0 heterocycles. The molecular weight excluding hydrogens is 228 g/mol. The van der Waals surface area contributed by atoms with E-state index in [1.807, 2.05) is 13.2 Å². The first-order valence-electron chi connectivity index (χ1n) is 5.36.